The smallest absolute Gasteiger partial charge is 0.416 e. The van der Waals surface area contributed by atoms with Crippen LogP contribution in [-0.4, -0.2) is 53.7 Å². The number of hydrogen-bond acceptors (Lipinski definition) is 6. The first-order valence-electron chi connectivity index (χ1n) is 14.7. The summed E-state index contributed by atoms with van der Waals surface area (Å²) < 4.78 is 11.5. The van der Waals surface area contributed by atoms with Crippen LogP contribution >= 0.6 is 0 Å². The van der Waals surface area contributed by atoms with Crippen molar-refractivity contribution in [1.29, 1.82) is 0 Å². The fourth-order valence-electron chi connectivity index (χ4n) is 5.21. The van der Waals surface area contributed by atoms with E-state index in [0.717, 1.165) is 36.0 Å². The first kappa shape index (κ1) is 30.9. The largest absolute Gasteiger partial charge is 0.447 e. The van der Waals surface area contributed by atoms with Gasteiger partial charge in [0.25, 0.3) is 0 Å². The van der Waals surface area contributed by atoms with Gasteiger partial charge in [-0.25, -0.2) is 14.8 Å². The molecule has 3 aromatic rings. The number of hydroxylamine groups is 2. The lowest BCUT2D eigenvalue weighted by Gasteiger charge is -2.35. The Morgan fingerprint density at radius 2 is 1.52 bits per heavy atom. The van der Waals surface area contributed by atoms with E-state index < -0.39 is 24.1 Å². The van der Waals surface area contributed by atoms with Crippen LogP contribution in [0.5, 0.6) is 0 Å². The molecule has 0 bridgehead atoms. The highest BCUT2D eigenvalue weighted by Crippen LogP contribution is 2.27. The summed E-state index contributed by atoms with van der Waals surface area (Å²) >= 11 is 0. The highest BCUT2D eigenvalue weighted by molar-refractivity contribution is 5.95. The highest BCUT2D eigenvalue weighted by Gasteiger charge is 2.44. The zero-order valence-corrected chi connectivity index (χ0v) is 24.2. The molecule has 1 aliphatic heterocycles. The van der Waals surface area contributed by atoms with Crippen LogP contribution < -0.4 is 0 Å². The van der Waals surface area contributed by atoms with Crippen LogP contribution in [-0.2, 0) is 43.5 Å². The molecule has 3 atom stereocenters. The topological polar surface area (TPSA) is 85.4 Å². The van der Waals surface area contributed by atoms with Crippen molar-refractivity contribution in [2.75, 3.05) is 13.2 Å². The van der Waals surface area contributed by atoms with E-state index in [1.54, 1.807) is 0 Å². The van der Waals surface area contributed by atoms with Gasteiger partial charge in [0.15, 0.2) is 0 Å². The normalized spacial score (nSPS) is 16.1. The average Bonchev–Trinajstić information content (AvgIpc) is 3.39. The molecule has 1 saturated heterocycles. The summed E-state index contributed by atoms with van der Waals surface area (Å²) in [4.78, 5) is 47.0. The lowest BCUT2D eigenvalue weighted by molar-refractivity contribution is -0.208. The van der Waals surface area contributed by atoms with Crippen LogP contribution in [0.15, 0.2) is 91.0 Å². The number of nitrogens with zero attached hydrogens (tertiary/aromatic N) is 2. The van der Waals surface area contributed by atoms with Crippen molar-refractivity contribution in [1.82, 2.24) is 9.96 Å². The van der Waals surface area contributed by atoms with Gasteiger partial charge in [-0.1, -0.05) is 117 Å². The van der Waals surface area contributed by atoms with E-state index >= 15 is 0 Å². The van der Waals surface area contributed by atoms with E-state index in [1.165, 1.54) is 9.96 Å². The second kappa shape index (κ2) is 16.4. The van der Waals surface area contributed by atoms with Crippen molar-refractivity contribution in [3.63, 3.8) is 0 Å². The molecule has 0 N–H and O–H groups in total. The molecule has 222 valence electrons. The quantitative estimate of drug-likeness (QED) is 0.113. The first-order chi connectivity index (χ1) is 20.6. The molecule has 4 rings (SSSR count). The zero-order chi connectivity index (χ0) is 29.6. The van der Waals surface area contributed by atoms with Crippen LogP contribution in [0.3, 0.4) is 0 Å². The molecule has 1 heterocycles. The highest BCUT2D eigenvalue weighted by atomic mass is 16.7. The SMILES string of the molecule is CCCCC[C@@H](C(=O)N1C(=O)OCC1Cc1ccccc1)[C@@H](COCc1ccccc1)N(C=O)OCc1ccccc1. The number of carbonyl (C=O) groups is 3. The van der Waals surface area contributed by atoms with E-state index in [1.807, 2.05) is 91.0 Å². The van der Waals surface area contributed by atoms with Crippen molar-refractivity contribution >= 4 is 18.4 Å². The molecule has 42 heavy (non-hydrogen) atoms. The van der Waals surface area contributed by atoms with E-state index in [4.69, 9.17) is 14.3 Å². The van der Waals surface area contributed by atoms with Crippen molar-refractivity contribution < 1.29 is 28.7 Å². The van der Waals surface area contributed by atoms with E-state index in [9.17, 15) is 14.4 Å². The lowest BCUT2D eigenvalue weighted by atomic mass is 9.91. The van der Waals surface area contributed by atoms with E-state index in [2.05, 4.69) is 6.92 Å². The van der Waals surface area contributed by atoms with Gasteiger partial charge in [-0.15, -0.1) is 0 Å². The molecule has 0 aromatic heterocycles. The lowest BCUT2D eigenvalue weighted by Crippen LogP contribution is -2.52. The Balaban J connectivity index is 1.59. The van der Waals surface area contributed by atoms with Gasteiger partial charge in [-0.3, -0.25) is 14.4 Å². The van der Waals surface area contributed by atoms with Crippen LogP contribution in [0.1, 0.15) is 49.3 Å². The molecule has 3 aromatic carbocycles. The Bertz CT molecular complexity index is 1240. The third-order valence-electron chi connectivity index (χ3n) is 7.47. The van der Waals surface area contributed by atoms with Crippen LogP contribution in [0.4, 0.5) is 4.79 Å². The Kier molecular flexibility index (Phi) is 12.1. The predicted octanol–water partition coefficient (Wildman–Crippen LogP) is 5.95. The Morgan fingerprint density at radius 1 is 0.929 bits per heavy atom. The first-order valence-corrected chi connectivity index (χ1v) is 14.7. The minimum atomic E-state index is -0.759. The number of benzene rings is 3. The summed E-state index contributed by atoms with van der Waals surface area (Å²) in [6.07, 6.45) is 3.51. The Morgan fingerprint density at radius 3 is 2.12 bits per heavy atom. The maximum atomic E-state index is 14.3. The van der Waals surface area contributed by atoms with Gasteiger partial charge in [0.2, 0.25) is 12.3 Å². The van der Waals surface area contributed by atoms with Crippen LogP contribution in [0.25, 0.3) is 0 Å². The Labute approximate surface area is 248 Å². The van der Waals surface area contributed by atoms with Crippen molar-refractivity contribution in [2.45, 2.75) is 64.3 Å². The summed E-state index contributed by atoms with van der Waals surface area (Å²) in [6, 6.07) is 27.7. The summed E-state index contributed by atoms with van der Waals surface area (Å²) in [5.41, 5.74) is 2.86. The fraction of sp³-hybridized carbons (Fsp3) is 0.382. The molecule has 3 amide bonds. The number of carbonyl (C=O) groups excluding carboxylic acids is 3. The maximum Gasteiger partial charge on any atom is 0.416 e. The summed E-state index contributed by atoms with van der Waals surface area (Å²) in [5.74, 6) is -1.12. The molecule has 0 spiro atoms. The summed E-state index contributed by atoms with van der Waals surface area (Å²) in [5, 5.41) is 1.19. The summed E-state index contributed by atoms with van der Waals surface area (Å²) in [7, 11) is 0. The van der Waals surface area contributed by atoms with Gasteiger partial charge in [-0.2, -0.15) is 0 Å². The minimum Gasteiger partial charge on any atom is -0.447 e. The summed E-state index contributed by atoms with van der Waals surface area (Å²) in [6.45, 7) is 2.72. The van der Waals surface area contributed by atoms with Crippen molar-refractivity contribution in [3.05, 3.63) is 108 Å². The number of cyclic esters (lactones) is 1. The van der Waals surface area contributed by atoms with Crippen molar-refractivity contribution in [3.8, 4) is 0 Å². The average molecular weight is 573 g/mol. The third kappa shape index (κ3) is 8.74. The number of ether oxygens (including phenoxy) is 2. The molecule has 0 aliphatic carbocycles. The molecular formula is C34H40N2O6. The molecule has 1 unspecified atom stereocenters. The van der Waals surface area contributed by atoms with Gasteiger partial charge < -0.3 is 9.47 Å². The molecule has 8 heteroatoms. The van der Waals surface area contributed by atoms with E-state index in [-0.39, 0.29) is 25.7 Å². The predicted molar refractivity (Wildman–Crippen MR) is 159 cm³/mol. The third-order valence-corrected chi connectivity index (χ3v) is 7.47. The minimum absolute atomic E-state index is 0.0528. The van der Waals surface area contributed by atoms with Gasteiger partial charge in [0.1, 0.15) is 13.2 Å². The monoisotopic (exact) mass is 572 g/mol. The molecule has 0 radical (unpaired) electrons. The Hall–Kier alpha value is -4.01. The van der Waals surface area contributed by atoms with Gasteiger partial charge in [-0.05, 0) is 29.5 Å². The molecular weight excluding hydrogens is 532 g/mol. The van der Waals surface area contributed by atoms with E-state index in [0.29, 0.717) is 25.9 Å². The molecule has 0 saturated carbocycles. The number of imide groups is 1. The van der Waals surface area contributed by atoms with Crippen LogP contribution in [0, 0.1) is 5.92 Å². The van der Waals surface area contributed by atoms with Crippen molar-refractivity contribution in [2.24, 2.45) is 5.92 Å². The number of hydrogen-bond donors (Lipinski definition) is 0. The van der Waals surface area contributed by atoms with Gasteiger partial charge in [0.05, 0.1) is 31.2 Å². The number of rotatable bonds is 17. The second-order valence-corrected chi connectivity index (χ2v) is 10.5. The second-order valence-electron chi connectivity index (χ2n) is 10.5. The number of unbranched alkanes of at least 4 members (excludes halogenated alkanes) is 2. The van der Waals surface area contributed by atoms with Crippen LogP contribution in [0.2, 0.25) is 0 Å². The molecule has 1 fully saturated rings. The zero-order valence-electron chi connectivity index (χ0n) is 24.2. The van der Waals surface area contributed by atoms with Gasteiger partial charge in [0, 0.05) is 0 Å². The maximum absolute atomic E-state index is 14.3. The van der Waals surface area contributed by atoms with Gasteiger partial charge >= 0.3 is 6.09 Å². The fourth-order valence-corrected chi connectivity index (χ4v) is 5.21. The molecule has 8 nitrogen and oxygen atoms in total. The standard InChI is InChI=1S/C34H40N2O6/c1-2-3-7-20-31(33(38)36-30(24-41-34(36)39)21-27-14-8-4-9-15-27)32(25-40-22-28-16-10-5-11-17-28)35(26-37)42-23-29-18-12-6-13-19-29/h4-6,8-19,26,30-32H,2-3,7,20-25H2,1H3/t30?,31-,32-/m1/s1. The molecule has 1 aliphatic rings. The number of amides is 3.